The van der Waals surface area contributed by atoms with Crippen LogP contribution in [-0.2, 0) is 0 Å². The van der Waals surface area contributed by atoms with E-state index >= 15 is 0 Å². The minimum atomic E-state index is 0.594. The lowest BCUT2D eigenvalue weighted by atomic mass is 9.97. The molecule has 0 bridgehead atoms. The Kier molecular flexibility index (Phi) is 5.64. The van der Waals surface area contributed by atoms with Gasteiger partial charge < -0.3 is 13.4 Å². The second kappa shape index (κ2) is 10.2. The molecule has 3 heterocycles. The van der Waals surface area contributed by atoms with Gasteiger partial charge in [0.25, 0.3) is 0 Å². The van der Waals surface area contributed by atoms with E-state index in [1.807, 2.05) is 72.8 Å². The fraction of sp³-hybridized carbons (Fsp3) is 0. The number of furan rings is 2. The van der Waals surface area contributed by atoms with Gasteiger partial charge in [-0.25, -0.2) is 0 Å². The molecule has 3 aromatic heterocycles. The number of benzene rings is 7. The molecule has 0 aliphatic rings. The van der Waals surface area contributed by atoms with Crippen molar-refractivity contribution in [1.29, 1.82) is 10.5 Å². The number of nitriles is 2. The maximum atomic E-state index is 10.4. The topological polar surface area (TPSA) is 78.8 Å². The molecule has 5 heteroatoms. The van der Waals surface area contributed by atoms with Crippen molar-refractivity contribution in [3.63, 3.8) is 0 Å². The predicted molar refractivity (Wildman–Crippen MR) is 196 cm³/mol. The number of hydrogen-bond acceptors (Lipinski definition) is 4. The number of rotatable bonds is 3. The largest absolute Gasteiger partial charge is 0.456 e. The van der Waals surface area contributed by atoms with Crippen LogP contribution >= 0.6 is 0 Å². The van der Waals surface area contributed by atoms with Crippen LogP contribution in [0.4, 0.5) is 0 Å². The molecule has 0 N–H and O–H groups in total. The smallest absolute Gasteiger partial charge is 0.147 e. The third kappa shape index (κ3) is 3.91. The molecule has 0 unspecified atom stereocenters. The number of fused-ring (bicyclic) bond motifs is 10. The van der Waals surface area contributed by atoms with Gasteiger partial charge in [0.15, 0.2) is 0 Å². The monoisotopic (exact) mass is 625 g/mol. The van der Waals surface area contributed by atoms with Crippen molar-refractivity contribution in [2.24, 2.45) is 0 Å². The standard InChI is InChI=1S/C44H23N3O2/c45-24-26-7-5-8-27(21-26)28-15-18-39-35(22-28)34-17-20-41-42(44(34)49-39)36-23-29(16-19-40(36)48-41)31-12-6-9-30(25-46)43(31)47-37-13-3-1-10-32(37)33-11-2-4-14-38(33)47/h1-23H. The molecule has 0 spiro atoms. The first kappa shape index (κ1) is 27.1. The van der Waals surface area contributed by atoms with Crippen molar-refractivity contribution in [2.45, 2.75) is 0 Å². The first-order valence-corrected chi connectivity index (χ1v) is 16.0. The van der Waals surface area contributed by atoms with Gasteiger partial charge in [-0.3, -0.25) is 0 Å². The Bertz CT molecular complexity index is 3030. The zero-order chi connectivity index (χ0) is 32.6. The van der Waals surface area contributed by atoms with Crippen molar-refractivity contribution < 1.29 is 8.83 Å². The highest BCUT2D eigenvalue weighted by molar-refractivity contribution is 6.22. The predicted octanol–water partition coefficient (Wildman–Crippen LogP) is 11.7. The molecule has 0 aliphatic heterocycles. The quantitative estimate of drug-likeness (QED) is 0.196. The lowest BCUT2D eigenvalue weighted by molar-refractivity contribution is 0.663. The fourth-order valence-corrected chi connectivity index (χ4v) is 7.48. The highest BCUT2D eigenvalue weighted by Gasteiger charge is 2.21. The molecular weight excluding hydrogens is 603 g/mol. The van der Waals surface area contributed by atoms with Crippen molar-refractivity contribution >= 4 is 65.7 Å². The van der Waals surface area contributed by atoms with E-state index in [9.17, 15) is 10.5 Å². The van der Waals surface area contributed by atoms with Crippen LogP contribution in [0.2, 0.25) is 0 Å². The summed E-state index contributed by atoms with van der Waals surface area (Å²) in [5.74, 6) is 0. The Hall–Kier alpha value is -7.08. The molecule has 5 nitrogen and oxygen atoms in total. The lowest BCUT2D eigenvalue weighted by Crippen LogP contribution is -2.00. The van der Waals surface area contributed by atoms with E-state index in [0.29, 0.717) is 11.1 Å². The molecule has 10 rings (SSSR count). The van der Waals surface area contributed by atoms with E-state index in [4.69, 9.17) is 8.83 Å². The maximum Gasteiger partial charge on any atom is 0.147 e. The maximum absolute atomic E-state index is 10.4. The zero-order valence-electron chi connectivity index (χ0n) is 25.9. The summed E-state index contributed by atoms with van der Waals surface area (Å²) in [6, 6.07) is 51.4. The molecule has 226 valence electrons. The van der Waals surface area contributed by atoms with Gasteiger partial charge in [-0.05, 0) is 83.4 Å². The van der Waals surface area contributed by atoms with E-state index in [1.165, 1.54) is 0 Å². The molecule has 0 aliphatic carbocycles. The van der Waals surface area contributed by atoms with Crippen LogP contribution in [0.25, 0.3) is 93.6 Å². The fourth-order valence-electron chi connectivity index (χ4n) is 7.48. The van der Waals surface area contributed by atoms with Crippen molar-refractivity contribution in [3.05, 3.63) is 151 Å². The molecular formula is C44H23N3O2. The first-order valence-electron chi connectivity index (χ1n) is 16.0. The Labute approximate surface area is 279 Å². The summed E-state index contributed by atoms with van der Waals surface area (Å²) >= 11 is 0. The summed E-state index contributed by atoms with van der Waals surface area (Å²) in [5, 5.41) is 26.0. The summed E-state index contributed by atoms with van der Waals surface area (Å²) < 4.78 is 15.2. The van der Waals surface area contributed by atoms with Crippen LogP contribution in [0.3, 0.4) is 0 Å². The van der Waals surface area contributed by atoms with Crippen LogP contribution in [0, 0.1) is 22.7 Å². The molecule has 10 aromatic rings. The third-order valence-corrected chi connectivity index (χ3v) is 9.67. The van der Waals surface area contributed by atoms with E-state index in [0.717, 1.165) is 93.6 Å². The minimum absolute atomic E-state index is 0.594. The number of nitrogens with zero attached hydrogens (tertiary/aromatic N) is 3. The molecule has 49 heavy (non-hydrogen) atoms. The van der Waals surface area contributed by atoms with Crippen LogP contribution in [0.5, 0.6) is 0 Å². The van der Waals surface area contributed by atoms with E-state index < -0.39 is 0 Å². The number of para-hydroxylation sites is 3. The van der Waals surface area contributed by atoms with Crippen molar-refractivity contribution in [2.75, 3.05) is 0 Å². The molecule has 0 atom stereocenters. The van der Waals surface area contributed by atoms with Crippen LogP contribution in [0.1, 0.15) is 11.1 Å². The summed E-state index contributed by atoms with van der Waals surface area (Å²) in [7, 11) is 0. The van der Waals surface area contributed by atoms with Crippen LogP contribution in [-0.4, -0.2) is 4.57 Å². The summed E-state index contributed by atoms with van der Waals surface area (Å²) in [4.78, 5) is 0. The van der Waals surface area contributed by atoms with Gasteiger partial charge in [-0.2, -0.15) is 10.5 Å². The van der Waals surface area contributed by atoms with E-state index in [1.54, 1.807) is 0 Å². The second-order valence-corrected chi connectivity index (χ2v) is 12.3. The third-order valence-electron chi connectivity index (χ3n) is 9.67. The normalized spacial score (nSPS) is 11.6. The van der Waals surface area contributed by atoms with Gasteiger partial charge in [-0.15, -0.1) is 0 Å². The molecule has 0 saturated carbocycles. The van der Waals surface area contributed by atoms with Gasteiger partial charge in [0, 0.05) is 32.5 Å². The Balaban J connectivity index is 1.22. The second-order valence-electron chi connectivity index (χ2n) is 12.3. The average molecular weight is 626 g/mol. The molecule has 7 aromatic carbocycles. The van der Waals surface area contributed by atoms with Crippen molar-refractivity contribution in [1.82, 2.24) is 4.57 Å². The Morgan fingerprint density at radius 2 is 1.14 bits per heavy atom. The van der Waals surface area contributed by atoms with Crippen molar-refractivity contribution in [3.8, 4) is 40.1 Å². The summed E-state index contributed by atoms with van der Waals surface area (Å²) in [6.45, 7) is 0. The van der Waals surface area contributed by atoms with Gasteiger partial charge in [0.05, 0.1) is 39.3 Å². The molecule has 0 saturated heterocycles. The molecule has 0 radical (unpaired) electrons. The highest BCUT2D eigenvalue weighted by atomic mass is 16.3. The average Bonchev–Trinajstić information content (AvgIpc) is 3.83. The first-order chi connectivity index (χ1) is 24.2. The van der Waals surface area contributed by atoms with E-state index in [2.05, 4.69) is 83.4 Å². The Morgan fingerprint density at radius 3 is 1.92 bits per heavy atom. The van der Waals surface area contributed by atoms with Gasteiger partial charge in [0.1, 0.15) is 28.4 Å². The minimum Gasteiger partial charge on any atom is -0.456 e. The van der Waals surface area contributed by atoms with Gasteiger partial charge in [-0.1, -0.05) is 72.8 Å². The van der Waals surface area contributed by atoms with E-state index in [-0.39, 0.29) is 0 Å². The zero-order valence-corrected chi connectivity index (χ0v) is 25.9. The summed E-state index contributed by atoms with van der Waals surface area (Å²) in [6.07, 6.45) is 0. The molecule has 0 fully saturated rings. The molecule has 0 amide bonds. The number of hydrogen-bond donors (Lipinski definition) is 0. The Morgan fingerprint density at radius 1 is 0.469 bits per heavy atom. The number of aromatic nitrogens is 1. The SMILES string of the molecule is N#Cc1cccc(-c2ccc3oc4c(ccc5oc6ccc(-c7cccc(C#N)c7-n7c8ccccc8c8ccccc87)cc6c54)c3c2)c1. The van der Waals surface area contributed by atoms with Gasteiger partial charge in [0.2, 0.25) is 0 Å². The van der Waals surface area contributed by atoms with Crippen LogP contribution in [0.15, 0.2) is 148 Å². The van der Waals surface area contributed by atoms with Gasteiger partial charge >= 0.3 is 0 Å². The summed E-state index contributed by atoms with van der Waals surface area (Å²) in [5.41, 5.74) is 11.1. The highest BCUT2D eigenvalue weighted by Crippen LogP contribution is 2.43. The lowest BCUT2D eigenvalue weighted by Gasteiger charge is -2.16. The van der Waals surface area contributed by atoms with Crippen LogP contribution < -0.4 is 0 Å².